The normalized spacial score (nSPS) is 10.9. The summed E-state index contributed by atoms with van der Waals surface area (Å²) < 4.78 is 20.1. The van der Waals surface area contributed by atoms with Gasteiger partial charge in [-0.3, -0.25) is 9.36 Å². The molecular weight excluding hydrogens is 327 g/mol. The van der Waals surface area contributed by atoms with Gasteiger partial charge in [0.2, 0.25) is 0 Å². The van der Waals surface area contributed by atoms with E-state index >= 15 is 0 Å². The molecule has 0 atom stereocenters. The molecule has 0 aliphatic rings. The zero-order valence-corrected chi connectivity index (χ0v) is 14.1. The van der Waals surface area contributed by atoms with Gasteiger partial charge in [-0.05, 0) is 43.3 Å². The molecule has 0 radical (unpaired) electrons. The number of rotatable bonds is 6. The van der Waals surface area contributed by atoms with E-state index in [2.05, 4.69) is 4.98 Å². The molecule has 4 nitrogen and oxygen atoms in total. The second-order valence-electron chi connectivity index (χ2n) is 5.11. The van der Waals surface area contributed by atoms with Crippen LogP contribution in [-0.4, -0.2) is 21.9 Å². The van der Waals surface area contributed by atoms with Crippen molar-refractivity contribution < 1.29 is 9.13 Å². The van der Waals surface area contributed by atoms with E-state index in [1.54, 1.807) is 22.8 Å². The quantitative estimate of drug-likeness (QED) is 0.388. The van der Waals surface area contributed by atoms with Crippen LogP contribution in [0.2, 0.25) is 0 Å². The van der Waals surface area contributed by atoms with E-state index in [0.717, 1.165) is 0 Å². The van der Waals surface area contributed by atoms with Gasteiger partial charge in [0, 0.05) is 12.3 Å². The Morgan fingerprint density at radius 3 is 2.67 bits per heavy atom. The van der Waals surface area contributed by atoms with Gasteiger partial charge in [0.25, 0.3) is 5.56 Å². The van der Waals surface area contributed by atoms with Gasteiger partial charge in [0.05, 0.1) is 17.5 Å². The first-order valence-electron chi connectivity index (χ1n) is 7.70. The number of hydrogen-bond donors (Lipinski definition) is 0. The molecule has 6 heteroatoms. The second kappa shape index (κ2) is 7.49. The maximum atomic E-state index is 12.8. The van der Waals surface area contributed by atoms with E-state index < -0.39 is 0 Å². The standard InChI is InChI=1S/C18H17FN2O2S/c1-2-21-17(22)15-5-3-4-6-16(15)20-18(21)24-12-11-23-14-9-7-13(19)8-10-14/h3-10H,2,11-12H2,1H3. The van der Waals surface area contributed by atoms with E-state index in [9.17, 15) is 9.18 Å². The topological polar surface area (TPSA) is 44.1 Å². The fourth-order valence-electron chi connectivity index (χ4n) is 2.36. The minimum Gasteiger partial charge on any atom is -0.493 e. The maximum absolute atomic E-state index is 12.8. The second-order valence-corrected chi connectivity index (χ2v) is 6.17. The Morgan fingerprint density at radius 1 is 1.17 bits per heavy atom. The third-order valence-corrected chi connectivity index (χ3v) is 4.48. The Hall–Kier alpha value is -2.34. The van der Waals surface area contributed by atoms with Crippen LogP contribution in [0.5, 0.6) is 5.75 Å². The lowest BCUT2D eigenvalue weighted by Crippen LogP contribution is -2.22. The van der Waals surface area contributed by atoms with E-state index in [1.165, 1.54) is 23.9 Å². The fraction of sp³-hybridized carbons (Fsp3) is 0.222. The maximum Gasteiger partial charge on any atom is 0.262 e. The summed E-state index contributed by atoms with van der Waals surface area (Å²) in [5.74, 6) is 0.975. The van der Waals surface area contributed by atoms with Gasteiger partial charge >= 0.3 is 0 Å². The van der Waals surface area contributed by atoms with Crippen LogP contribution in [0, 0.1) is 5.82 Å². The first kappa shape index (κ1) is 16.5. The Bertz CT molecular complexity index is 894. The summed E-state index contributed by atoms with van der Waals surface area (Å²) in [5, 5.41) is 1.31. The van der Waals surface area contributed by atoms with Gasteiger partial charge in [-0.1, -0.05) is 23.9 Å². The molecule has 1 heterocycles. The third-order valence-electron chi connectivity index (χ3n) is 3.54. The number of fused-ring (bicyclic) bond motifs is 1. The zero-order chi connectivity index (χ0) is 16.9. The van der Waals surface area contributed by atoms with Gasteiger partial charge in [0.1, 0.15) is 11.6 Å². The van der Waals surface area contributed by atoms with Crippen molar-refractivity contribution in [2.45, 2.75) is 18.6 Å². The number of para-hydroxylation sites is 1. The summed E-state index contributed by atoms with van der Waals surface area (Å²) in [6, 6.07) is 13.3. The summed E-state index contributed by atoms with van der Waals surface area (Å²) in [4.78, 5) is 17.1. The van der Waals surface area contributed by atoms with Crippen LogP contribution in [0.25, 0.3) is 10.9 Å². The predicted molar refractivity (Wildman–Crippen MR) is 94.3 cm³/mol. The van der Waals surface area contributed by atoms with Crippen molar-refractivity contribution in [1.82, 2.24) is 9.55 Å². The average molecular weight is 344 g/mol. The molecule has 0 fully saturated rings. The van der Waals surface area contributed by atoms with Gasteiger partial charge < -0.3 is 4.74 Å². The number of aromatic nitrogens is 2. The van der Waals surface area contributed by atoms with Gasteiger partial charge in [-0.25, -0.2) is 9.37 Å². The molecule has 0 aliphatic carbocycles. The zero-order valence-electron chi connectivity index (χ0n) is 13.2. The molecule has 0 aliphatic heterocycles. The fourth-order valence-corrected chi connectivity index (χ4v) is 3.24. The first-order valence-corrected chi connectivity index (χ1v) is 8.68. The third kappa shape index (κ3) is 3.59. The molecule has 0 unspecified atom stereocenters. The van der Waals surface area contributed by atoms with Crippen LogP contribution in [0.15, 0.2) is 58.5 Å². The van der Waals surface area contributed by atoms with Crippen molar-refractivity contribution in [1.29, 1.82) is 0 Å². The predicted octanol–water partition coefficient (Wildman–Crippen LogP) is 3.73. The van der Waals surface area contributed by atoms with Gasteiger partial charge in [0.15, 0.2) is 5.16 Å². The summed E-state index contributed by atoms with van der Waals surface area (Å²) >= 11 is 1.48. The monoisotopic (exact) mass is 344 g/mol. The van der Waals surface area contributed by atoms with Crippen LogP contribution in [0.4, 0.5) is 4.39 Å². The smallest absolute Gasteiger partial charge is 0.262 e. The Balaban J connectivity index is 1.70. The molecule has 0 N–H and O–H groups in total. The summed E-state index contributed by atoms with van der Waals surface area (Å²) in [6.07, 6.45) is 0. The summed E-state index contributed by atoms with van der Waals surface area (Å²) in [5.41, 5.74) is 0.680. The number of hydrogen-bond acceptors (Lipinski definition) is 4. The Kier molecular flexibility index (Phi) is 5.15. The molecule has 1 aromatic heterocycles. The van der Waals surface area contributed by atoms with Crippen LogP contribution < -0.4 is 10.3 Å². The summed E-state index contributed by atoms with van der Waals surface area (Å²) in [6.45, 7) is 2.94. The van der Waals surface area contributed by atoms with Gasteiger partial charge in [-0.2, -0.15) is 0 Å². The van der Waals surface area contributed by atoms with Gasteiger partial charge in [-0.15, -0.1) is 0 Å². The van der Waals surface area contributed by atoms with Crippen LogP contribution in [0.3, 0.4) is 0 Å². The van der Waals surface area contributed by atoms with Crippen LogP contribution in [-0.2, 0) is 6.54 Å². The summed E-state index contributed by atoms with van der Waals surface area (Å²) in [7, 11) is 0. The number of benzene rings is 2. The van der Waals surface area contributed by atoms with E-state index in [4.69, 9.17) is 4.74 Å². The number of thioether (sulfide) groups is 1. The highest BCUT2D eigenvalue weighted by molar-refractivity contribution is 7.99. The number of nitrogens with zero attached hydrogens (tertiary/aromatic N) is 2. The lowest BCUT2D eigenvalue weighted by Gasteiger charge is -2.11. The van der Waals surface area contributed by atoms with Crippen molar-refractivity contribution in [2.24, 2.45) is 0 Å². The van der Waals surface area contributed by atoms with Crippen LogP contribution in [0.1, 0.15) is 6.92 Å². The molecule has 0 bridgehead atoms. The SMILES string of the molecule is CCn1c(SCCOc2ccc(F)cc2)nc2ccccc2c1=O. The van der Waals surface area contributed by atoms with E-state index in [0.29, 0.717) is 40.7 Å². The lowest BCUT2D eigenvalue weighted by atomic mass is 10.2. The number of ether oxygens (including phenoxy) is 1. The molecule has 3 rings (SSSR count). The highest BCUT2D eigenvalue weighted by atomic mass is 32.2. The number of halogens is 1. The van der Waals surface area contributed by atoms with Crippen molar-refractivity contribution in [3.05, 3.63) is 64.7 Å². The molecule has 0 saturated heterocycles. The highest BCUT2D eigenvalue weighted by Gasteiger charge is 2.10. The van der Waals surface area contributed by atoms with Crippen molar-refractivity contribution >= 4 is 22.7 Å². The molecule has 124 valence electrons. The molecule has 0 spiro atoms. The largest absolute Gasteiger partial charge is 0.493 e. The van der Waals surface area contributed by atoms with Crippen molar-refractivity contribution in [2.75, 3.05) is 12.4 Å². The highest BCUT2D eigenvalue weighted by Crippen LogP contribution is 2.18. The minimum absolute atomic E-state index is 0.0231. The molecular formula is C18H17FN2O2S. The Labute approximate surface area is 143 Å². The molecule has 0 saturated carbocycles. The van der Waals surface area contributed by atoms with Crippen molar-refractivity contribution in [3.8, 4) is 5.75 Å². The van der Waals surface area contributed by atoms with E-state index in [1.807, 2.05) is 25.1 Å². The molecule has 3 aromatic rings. The molecule has 2 aromatic carbocycles. The first-order chi connectivity index (χ1) is 11.7. The average Bonchev–Trinajstić information content (AvgIpc) is 2.60. The Morgan fingerprint density at radius 2 is 1.92 bits per heavy atom. The molecule has 24 heavy (non-hydrogen) atoms. The van der Waals surface area contributed by atoms with Crippen molar-refractivity contribution in [3.63, 3.8) is 0 Å². The minimum atomic E-state index is -0.288. The van der Waals surface area contributed by atoms with Crippen LogP contribution >= 0.6 is 11.8 Å². The molecule has 0 amide bonds. The van der Waals surface area contributed by atoms with E-state index in [-0.39, 0.29) is 11.4 Å². The lowest BCUT2D eigenvalue weighted by molar-refractivity contribution is 0.343.